The first-order valence-corrected chi connectivity index (χ1v) is 8.28. The molecule has 0 unspecified atom stereocenters. The summed E-state index contributed by atoms with van der Waals surface area (Å²) in [5.74, 6) is -0.380. The lowest BCUT2D eigenvalue weighted by Gasteiger charge is -2.09. The molecular weight excluding hydrogens is 334 g/mol. The lowest BCUT2D eigenvalue weighted by atomic mass is 10.1. The summed E-state index contributed by atoms with van der Waals surface area (Å²) in [6, 6.07) is 22.6. The smallest absolute Gasteiger partial charge is 0.338 e. The minimum absolute atomic E-state index is 0.171. The van der Waals surface area contributed by atoms with Gasteiger partial charge in [0.15, 0.2) is 0 Å². The summed E-state index contributed by atoms with van der Waals surface area (Å²) in [6.45, 7) is 0.171. The van der Waals surface area contributed by atoms with Crippen LogP contribution in [0.5, 0.6) is 0 Å². The number of rotatable bonds is 3. The normalized spacial score (nSPS) is 10.9. The molecular formula is C21H14ClNO2. The van der Waals surface area contributed by atoms with Gasteiger partial charge in [-0.25, -0.2) is 9.78 Å². The number of halogens is 1. The highest BCUT2D eigenvalue weighted by Crippen LogP contribution is 2.23. The first kappa shape index (κ1) is 15.6. The summed E-state index contributed by atoms with van der Waals surface area (Å²) in [6.07, 6.45) is 0. The van der Waals surface area contributed by atoms with Gasteiger partial charge in [-0.1, -0.05) is 48.0 Å². The van der Waals surface area contributed by atoms with Gasteiger partial charge in [0, 0.05) is 21.4 Å². The van der Waals surface area contributed by atoms with Gasteiger partial charge in [-0.2, -0.15) is 0 Å². The third-order valence-electron chi connectivity index (χ3n) is 4.07. The van der Waals surface area contributed by atoms with Gasteiger partial charge in [0.25, 0.3) is 0 Å². The van der Waals surface area contributed by atoms with E-state index < -0.39 is 0 Å². The fourth-order valence-corrected chi connectivity index (χ4v) is 2.92. The fraction of sp³-hybridized carbons (Fsp3) is 0.0476. The molecule has 0 N–H and O–H groups in total. The van der Waals surface area contributed by atoms with Crippen LogP contribution in [0.1, 0.15) is 15.9 Å². The van der Waals surface area contributed by atoms with Crippen molar-refractivity contribution < 1.29 is 9.53 Å². The molecule has 0 atom stereocenters. The molecule has 0 spiro atoms. The van der Waals surface area contributed by atoms with Crippen molar-refractivity contribution in [1.82, 2.24) is 4.98 Å². The first-order valence-electron chi connectivity index (χ1n) is 7.91. The Balaban J connectivity index is 1.63. The number of aromatic nitrogens is 1. The minimum Gasteiger partial charge on any atom is -0.457 e. The Morgan fingerprint density at radius 1 is 0.920 bits per heavy atom. The summed E-state index contributed by atoms with van der Waals surface area (Å²) in [4.78, 5) is 16.9. The largest absolute Gasteiger partial charge is 0.457 e. The van der Waals surface area contributed by atoms with Crippen LogP contribution in [0, 0.1) is 0 Å². The average molecular weight is 348 g/mol. The number of esters is 1. The Morgan fingerprint density at radius 2 is 1.68 bits per heavy atom. The van der Waals surface area contributed by atoms with Crippen LogP contribution in [0.2, 0.25) is 5.02 Å². The predicted octanol–water partition coefficient (Wildman–Crippen LogP) is 5.40. The van der Waals surface area contributed by atoms with Crippen molar-refractivity contribution >= 4 is 39.4 Å². The van der Waals surface area contributed by atoms with E-state index in [-0.39, 0.29) is 12.6 Å². The van der Waals surface area contributed by atoms with Gasteiger partial charge in [0.05, 0.1) is 16.6 Å². The predicted molar refractivity (Wildman–Crippen MR) is 99.8 cm³/mol. The average Bonchev–Trinajstić information content (AvgIpc) is 2.65. The maximum atomic E-state index is 12.2. The van der Waals surface area contributed by atoms with Gasteiger partial charge in [0.1, 0.15) is 6.61 Å². The Kier molecular flexibility index (Phi) is 4.08. The molecule has 0 aliphatic heterocycles. The van der Waals surface area contributed by atoms with Crippen molar-refractivity contribution in [2.75, 3.05) is 0 Å². The number of nitrogens with zero attached hydrogens (tertiary/aromatic N) is 1. The third kappa shape index (κ3) is 3.19. The molecule has 0 aliphatic carbocycles. The van der Waals surface area contributed by atoms with E-state index in [9.17, 15) is 4.79 Å². The summed E-state index contributed by atoms with van der Waals surface area (Å²) < 4.78 is 5.45. The quantitative estimate of drug-likeness (QED) is 0.368. The first-order chi connectivity index (χ1) is 12.2. The minimum atomic E-state index is -0.380. The second kappa shape index (κ2) is 6.54. The SMILES string of the molecule is O=C(OCc1cccc2cc3ccccc3nc12)c1ccc(Cl)cc1. The highest BCUT2D eigenvalue weighted by molar-refractivity contribution is 6.30. The van der Waals surface area contributed by atoms with Crippen molar-refractivity contribution in [2.24, 2.45) is 0 Å². The number of carbonyl (C=O) groups is 1. The number of pyridine rings is 1. The molecule has 0 fully saturated rings. The number of carbonyl (C=O) groups excluding carboxylic acids is 1. The molecule has 3 nitrogen and oxygen atoms in total. The van der Waals surface area contributed by atoms with Crippen molar-refractivity contribution in [3.63, 3.8) is 0 Å². The van der Waals surface area contributed by atoms with Crippen LogP contribution in [0.25, 0.3) is 21.8 Å². The number of para-hydroxylation sites is 2. The molecule has 0 aliphatic rings. The zero-order valence-corrected chi connectivity index (χ0v) is 14.0. The Labute approximate surface area is 149 Å². The van der Waals surface area contributed by atoms with E-state index in [1.807, 2.05) is 42.5 Å². The van der Waals surface area contributed by atoms with Crippen LogP contribution in [0.3, 0.4) is 0 Å². The lowest BCUT2D eigenvalue weighted by Crippen LogP contribution is -2.05. The standard InChI is InChI=1S/C21H14ClNO2/c22-18-10-8-14(9-11-18)21(24)25-13-17-6-3-5-16-12-15-4-1-2-7-19(15)23-20(16)17/h1-12H,13H2. The monoisotopic (exact) mass is 347 g/mol. The molecule has 1 aromatic heterocycles. The highest BCUT2D eigenvalue weighted by atomic mass is 35.5. The van der Waals surface area contributed by atoms with Crippen LogP contribution in [-0.2, 0) is 11.3 Å². The summed E-state index contributed by atoms with van der Waals surface area (Å²) in [5, 5.41) is 2.70. The van der Waals surface area contributed by atoms with Gasteiger partial charge in [-0.3, -0.25) is 0 Å². The van der Waals surface area contributed by atoms with E-state index in [2.05, 4.69) is 6.07 Å². The molecule has 0 amide bonds. The molecule has 4 aromatic rings. The Bertz CT molecular complexity index is 1070. The van der Waals surface area contributed by atoms with E-state index in [0.717, 1.165) is 27.4 Å². The Morgan fingerprint density at radius 3 is 2.52 bits per heavy atom. The molecule has 122 valence electrons. The van der Waals surface area contributed by atoms with Gasteiger partial charge in [0.2, 0.25) is 0 Å². The van der Waals surface area contributed by atoms with E-state index in [4.69, 9.17) is 21.3 Å². The fourth-order valence-electron chi connectivity index (χ4n) is 2.79. The van der Waals surface area contributed by atoms with Crippen molar-refractivity contribution in [1.29, 1.82) is 0 Å². The summed E-state index contributed by atoms with van der Waals surface area (Å²) in [7, 11) is 0. The van der Waals surface area contributed by atoms with Crippen molar-refractivity contribution in [3.8, 4) is 0 Å². The third-order valence-corrected chi connectivity index (χ3v) is 4.32. The Hall–Kier alpha value is -2.91. The van der Waals surface area contributed by atoms with E-state index in [0.29, 0.717) is 10.6 Å². The van der Waals surface area contributed by atoms with Crippen molar-refractivity contribution in [2.45, 2.75) is 6.61 Å². The van der Waals surface area contributed by atoms with Gasteiger partial charge in [-0.15, -0.1) is 0 Å². The molecule has 0 radical (unpaired) electrons. The van der Waals surface area contributed by atoms with Crippen LogP contribution in [-0.4, -0.2) is 11.0 Å². The number of hydrogen-bond acceptors (Lipinski definition) is 3. The van der Waals surface area contributed by atoms with Crippen LogP contribution in [0.4, 0.5) is 0 Å². The van der Waals surface area contributed by atoms with E-state index in [1.54, 1.807) is 24.3 Å². The molecule has 0 saturated heterocycles. The number of benzene rings is 3. The molecule has 0 bridgehead atoms. The second-order valence-corrected chi connectivity index (χ2v) is 6.19. The van der Waals surface area contributed by atoms with Crippen LogP contribution in [0.15, 0.2) is 72.8 Å². The van der Waals surface area contributed by atoms with E-state index in [1.165, 1.54) is 0 Å². The van der Waals surface area contributed by atoms with Crippen LogP contribution >= 0.6 is 11.6 Å². The van der Waals surface area contributed by atoms with Crippen LogP contribution < -0.4 is 0 Å². The second-order valence-electron chi connectivity index (χ2n) is 5.75. The topological polar surface area (TPSA) is 39.2 Å². The zero-order chi connectivity index (χ0) is 17.2. The number of fused-ring (bicyclic) bond motifs is 2. The molecule has 1 heterocycles. The highest BCUT2D eigenvalue weighted by Gasteiger charge is 2.10. The van der Waals surface area contributed by atoms with Crippen molar-refractivity contribution in [3.05, 3.63) is 88.9 Å². The summed E-state index contributed by atoms with van der Waals surface area (Å²) in [5.41, 5.74) is 3.13. The lowest BCUT2D eigenvalue weighted by molar-refractivity contribution is 0.0474. The number of hydrogen-bond donors (Lipinski definition) is 0. The molecule has 4 rings (SSSR count). The number of ether oxygens (including phenoxy) is 1. The molecule has 0 saturated carbocycles. The zero-order valence-electron chi connectivity index (χ0n) is 13.3. The maximum Gasteiger partial charge on any atom is 0.338 e. The molecule has 4 heteroatoms. The van der Waals surface area contributed by atoms with Gasteiger partial charge in [-0.05, 0) is 36.4 Å². The van der Waals surface area contributed by atoms with Gasteiger partial charge < -0.3 is 4.74 Å². The van der Waals surface area contributed by atoms with E-state index >= 15 is 0 Å². The molecule has 25 heavy (non-hydrogen) atoms. The van der Waals surface area contributed by atoms with Gasteiger partial charge >= 0.3 is 5.97 Å². The molecule has 3 aromatic carbocycles. The maximum absolute atomic E-state index is 12.2. The summed E-state index contributed by atoms with van der Waals surface area (Å²) >= 11 is 5.84.